The average molecular weight is 357 g/mol. The lowest BCUT2D eigenvalue weighted by Gasteiger charge is -2.11. The van der Waals surface area contributed by atoms with Gasteiger partial charge in [-0.15, -0.1) is 0 Å². The highest BCUT2D eigenvalue weighted by molar-refractivity contribution is 7.80. The summed E-state index contributed by atoms with van der Waals surface area (Å²) in [6, 6.07) is 13.6. The maximum atomic E-state index is 12.2. The Hall–Kier alpha value is -2.93. The monoisotopic (exact) mass is 357 g/mol. The topological polar surface area (TPSA) is 79.5 Å². The Morgan fingerprint density at radius 3 is 2.40 bits per heavy atom. The summed E-state index contributed by atoms with van der Waals surface area (Å²) < 4.78 is 5.34. The van der Waals surface area contributed by atoms with Crippen LogP contribution in [-0.4, -0.2) is 30.6 Å². The van der Waals surface area contributed by atoms with Gasteiger partial charge in [0, 0.05) is 23.9 Å². The number of hydrogen-bond donors (Lipinski definition) is 3. The Labute approximate surface area is 151 Å². The molecule has 3 N–H and O–H groups in total. The van der Waals surface area contributed by atoms with E-state index in [9.17, 15) is 9.59 Å². The van der Waals surface area contributed by atoms with Gasteiger partial charge < -0.3 is 15.4 Å². The van der Waals surface area contributed by atoms with Crippen molar-refractivity contribution in [2.45, 2.75) is 6.92 Å². The van der Waals surface area contributed by atoms with Gasteiger partial charge in [0.15, 0.2) is 5.11 Å². The van der Waals surface area contributed by atoms with Gasteiger partial charge in [-0.25, -0.2) is 0 Å². The van der Waals surface area contributed by atoms with Crippen LogP contribution < -0.4 is 20.7 Å². The van der Waals surface area contributed by atoms with Crippen LogP contribution in [0.4, 0.5) is 5.69 Å². The van der Waals surface area contributed by atoms with Crippen LogP contribution in [0.3, 0.4) is 0 Å². The van der Waals surface area contributed by atoms with Crippen molar-refractivity contribution >= 4 is 34.8 Å². The second kappa shape index (κ2) is 8.79. The summed E-state index contributed by atoms with van der Waals surface area (Å²) in [7, 11) is 1.56. The third-order valence-corrected chi connectivity index (χ3v) is 3.47. The molecule has 6 nitrogen and oxygen atoms in total. The summed E-state index contributed by atoms with van der Waals surface area (Å²) in [5, 5.41) is 8.18. The minimum absolute atomic E-state index is 0.146. The molecule has 0 bridgehead atoms. The summed E-state index contributed by atoms with van der Waals surface area (Å²) in [4.78, 5) is 23.8. The summed E-state index contributed by atoms with van der Waals surface area (Å²) in [6.45, 7) is 2.46. The minimum atomic E-state index is -0.331. The number of anilines is 1. The number of hydrogen-bond acceptors (Lipinski definition) is 4. The number of amides is 2. The number of thiocarbonyl (C=S) groups is 1. The van der Waals surface area contributed by atoms with Gasteiger partial charge in [0.25, 0.3) is 11.8 Å². The summed E-state index contributed by atoms with van der Waals surface area (Å²) in [5.74, 6) is 0.168. The van der Waals surface area contributed by atoms with Crippen LogP contribution in [0.5, 0.6) is 5.75 Å². The molecule has 0 fully saturated rings. The normalized spacial score (nSPS) is 9.84. The lowest BCUT2D eigenvalue weighted by Crippen LogP contribution is -2.34. The molecule has 0 unspecified atom stereocenters. The Kier molecular flexibility index (Phi) is 6.47. The Bertz CT molecular complexity index is 775. The van der Waals surface area contributed by atoms with Crippen molar-refractivity contribution in [3.05, 3.63) is 59.7 Å². The molecule has 0 saturated heterocycles. The van der Waals surface area contributed by atoms with E-state index in [1.54, 1.807) is 55.6 Å². The molecule has 130 valence electrons. The van der Waals surface area contributed by atoms with E-state index in [1.165, 1.54) is 0 Å². The SMILES string of the molecule is CCOc1ccc(C(=O)NC(=S)Nc2cccc(C(=O)NC)c2)cc1. The number of rotatable bonds is 5. The van der Waals surface area contributed by atoms with Crippen molar-refractivity contribution in [3.8, 4) is 5.75 Å². The van der Waals surface area contributed by atoms with Crippen molar-refractivity contribution in [1.29, 1.82) is 0 Å². The van der Waals surface area contributed by atoms with E-state index in [1.807, 2.05) is 6.92 Å². The van der Waals surface area contributed by atoms with Gasteiger partial charge in [-0.3, -0.25) is 14.9 Å². The fraction of sp³-hybridized carbons (Fsp3) is 0.167. The van der Waals surface area contributed by atoms with E-state index in [-0.39, 0.29) is 16.9 Å². The molecule has 2 amide bonds. The highest BCUT2D eigenvalue weighted by Crippen LogP contribution is 2.13. The predicted molar refractivity (Wildman–Crippen MR) is 101 cm³/mol. The molecule has 2 rings (SSSR count). The molecule has 0 heterocycles. The van der Waals surface area contributed by atoms with Gasteiger partial charge in [-0.05, 0) is 61.6 Å². The first-order chi connectivity index (χ1) is 12.0. The number of benzene rings is 2. The van der Waals surface area contributed by atoms with Gasteiger partial charge in [-0.2, -0.15) is 0 Å². The van der Waals surface area contributed by atoms with Crippen LogP contribution in [-0.2, 0) is 0 Å². The Morgan fingerprint density at radius 2 is 1.76 bits per heavy atom. The van der Waals surface area contributed by atoms with E-state index in [2.05, 4.69) is 16.0 Å². The fourth-order valence-electron chi connectivity index (χ4n) is 2.09. The molecule has 2 aromatic carbocycles. The van der Waals surface area contributed by atoms with Crippen LogP contribution in [0.2, 0.25) is 0 Å². The second-order valence-electron chi connectivity index (χ2n) is 5.03. The van der Waals surface area contributed by atoms with Crippen molar-refractivity contribution in [3.63, 3.8) is 0 Å². The Balaban J connectivity index is 1.97. The second-order valence-corrected chi connectivity index (χ2v) is 5.43. The van der Waals surface area contributed by atoms with Gasteiger partial charge >= 0.3 is 0 Å². The van der Waals surface area contributed by atoms with E-state index < -0.39 is 0 Å². The quantitative estimate of drug-likeness (QED) is 0.717. The highest BCUT2D eigenvalue weighted by atomic mass is 32.1. The lowest BCUT2D eigenvalue weighted by molar-refractivity contribution is 0.0959. The molecule has 0 aliphatic carbocycles. The number of ether oxygens (including phenoxy) is 1. The number of carbonyl (C=O) groups excluding carboxylic acids is 2. The van der Waals surface area contributed by atoms with Crippen LogP contribution in [0.25, 0.3) is 0 Å². The first kappa shape index (κ1) is 18.4. The lowest BCUT2D eigenvalue weighted by atomic mass is 10.2. The zero-order valence-electron chi connectivity index (χ0n) is 14.0. The molecular weight excluding hydrogens is 338 g/mol. The zero-order valence-corrected chi connectivity index (χ0v) is 14.8. The van der Waals surface area contributed by atoms with Crippen molar-refractivity contribution in [1.82, 2.24) is 10.6 Å². The molecule has 0 aliphatic heterocycles. The van der Waals surface area contributed by atoms with E-state index in [0.29, 0.717) is 29.2 Å². The van der Waals surface area contributed by atoms with Gasteiger partial charge in [-0.1, -0.05) is 6.07 Å². The smallest absolute Gasteiger partial charge is 0.257 e. The van der Waals surface area contributed by atoms with Crippen LogP contribution in [0.15, 0.2) is 48.5 Å². The van der Waals surface area contributed by atoms with Gasteiger partial charge in [0.05, 0.1) is 6.61 Å². The van der Waals surface area contributed by atoms with Crippen LogP contribution in [0, 0.1) is 0 Å². The summed E-state index contributed by atoms with van der Waals surface area (Å²) in [6.07, 6.45) is 0. The number of carbonyl (C=O) groups is 2. The molecule has 7 heteroatoms. The van der Waals surface area contributed by atoms with Crippen molar-refractivity contribution in [2.24, 2.45) is 0 Å². The molecule has 0 spiro atoms. The first-order valence-corrected chi connectivity index (χ1v) is 8.11. The molecule has 0 radical (unpaired) electrons. The third-order valence-electron chi connectivity index (χ3n) is 3.26. The highest BCUT2D eigenvalue weighted by Gasteiger charge is 2.09. The molecule has 0 saturated carbocycles. The maximum absolute atomic E-state index is 12.2. The largest absolute Gasteiger partial charge is 0.494 e. The standard InChI is InChI=1S/C18H19N3O3S/c1-3-24-15-9-7-12(8-10-15)17(23)21-18(25)20-14-6-4-5-13(11-14)16(22)19-2/h4-11H,3H2,1-2H3,(H,19,22)(H2,20,21,23,25). The van der Waals surface area contributed by atoms with Gasteiger partial charge in [0.1, 0.15) is 5.75 Å². The Morgan fingerprint density at radius 1 is 1.04 bits per heavy atom. The third kappa shape index (κ3) is 5.29. The van der Waals surface area contributed by atoms with Gasteiger partial charge in [0.2, 0.25) is 0 Å². The number of nitrogens with one attached hydrogen (secondary N) is 3. The van der Waals surface area contributed by atoms with Crippen LogP contribution in [0.1, 0.15) is 27.6 Å². The van der Waals surface area contributed by atoms with E-state index in [4.69, 9.17) is 17.0 Å². The molecule has 0 aromatic heterocycles. The predicted octanol–water partition coefficient (Wildman–Crippen LogP) is 2.57. The fourth-order valence-corrected chi connectivity index (χ4v) is 2.30. The summed E-state index contributed by atoms with van der Waals surface area (Å²) in [5.41, 5.74) is 1.57. The molecule has 0 aliphatic rings. The molecule has 0 atom stereocenters. The van der Waals surface area contributed by atoms with Crippen molar-refractivity contribution < 1.29 is 14.3 Å². The average Bonchev–Trinajstić information content (AvgIpc) is 2.62. The molecule has 25 heavy (non-hydrogen) atoms. The van der Waals surface area contributed by atoms with E-state index >= 15 is 0 Å². The van der Waals surface area contributed by atoms with Crippen LogP contribution >= 0.6 is 12.2 Å². The zero-order chi connectivity index (χ0) is 18.2. The van der Waals surface area contributed by atoms with E-state index in [0.717, 1.165) is 0 Å². The minimum Gasteiger partial charge on any atom is -0.494 e. The first-order valence-electron chi connectivity index (χ1n) is 7.71. The van der Waals surface area contributed by atoms with Crippen molar-refractivity contribution in [2.75, 3.05) is 19.0 Å². The molecular formula is C18H19N3O3S. The maximum Gasteiger partial charge on any atom is 0.257 e. The molecule has 2 aromatic rings. The summed E-state index contributed by atoms with van der Waals surface area (Å²) >= 11 is 5.15.